The zero-order chi connectivity index (χ0) is 20.2. The number of hydrogen-bond donors (Lipinski definition) is 2. The van der Waals surface area contributed by atoms with Crippen LogP contribution in [0.5, 0.6) is 0 Å². The highest BCUT2D eigenvalue weighted by molar-refractivity contribution is 6.44. The Morgan fingerprint density at radius 2 is 1.89 bits per heavy atom. The molecule has 10 heteroatoms. The Kier molecular flexibility index (Phi) is 4.93. The normalized spacial score (nSPS) is 22.8. The van der Waals surface area contributed by atoms with Gasteiger partial charge in [-0.1, -0.05) is 34.8 Å². The Hall–Kier alpha value is -1.96. The van der Waals surface area contributed by atoms with E-state index in [0.717, 1.165) is 0 Å². The van der Waals surface area contributed by atoms with Gasteiger partial charge in [-0.25, -0.2) is 9.78 Å². The fourth-order valence-corrected chi connectivity index (χ4v) is 4.38. The van der Waals surface area contributed by atoms with E-state index >= 15 is 0 Å². The molecule has 0 radical (unpaired) electrons. The number of nitrogens with one attached hydrogen (secondary N) is 2. The number of halogens is 3. The van der Waals surface area contributed by atoms with Gasteiger partial charge in [-0.05, 0) is 19.1 Å². The first kappa shape index (κ1) is 19.4. The number of H-pyrrole nitrogens is 1. The van der Waals surface area contributed by atoms with Gasteiger partial charge in [0.2, 0.25) is 0 Å². The van der Waals surface area contributed by atoms with E-state index in [4.69, 9.17) is 39.5 Å². The number of methoxy groups -OCH3 is 1. The predicted octanol–water partition coefficient (Wildman–Crippen LogP) is 3.33. The van der Waals surface area contributed by atoms with E-state index in [1.54, 1.807) is 13.0 Å². The monoisotopic (exact) mass is 442 g/mol. The van der Waals surface area contributed by atoms with E-state index in [1.165, 1.54) is 13.2 Å². The van der Waals surface area contributed by atoms with Gasteiger partial charge in [-0.15, -0.1) is 0 Å². The zero-order valence-electron chi connectivity index (χ0n) is 15.1. The number of aromatic amines is 1. The summed E-state index contributed by atoms with van der Waals surface area (Å²) in [6.45, 7) is 3.18. The number of amides is 1. The molecule has 1 amide bonds. The Morgan fingerprint density at radius 1 is 1.21 bits per heavy atom. The second kappa shape index (κ2) is 7.13. The third kappa shape index (κ3) is 3.32. The van der Waals surface area contributed by atoms with Gasteiger partial charge in [0, 0.05) is 36.7 Å². The number of carbonyl (C=O) groups excluding carboxylic acids is 2. The zero-order valence-corrected chi connectivity index (χ0v) is 17.3. The van der Waals surface area contributed by atoms with Crippen LogP contribution in [0.3, 0.4) is 0 Å². The van der Waals surface area contributed by atoms with Crippen LogP contribution in [0.1, 0.15) is 26.5 Å². The lowest BCUT2D eigenvalue weighted by Crippen LogP contribution is -2.35. The molecule has 2 N–H and O–H groups in total. The standard InChI is InChI=1S/C18H17Cl3N4O3/c1-7-13(20)14(21)16(22-7)17(26)24-15-9-5-25(6-10(9)15)12-4-8(18(27)28-2)3-11(19)23-12/h3-4,9-10,15,22H,5-6H2,1-2H3,(H,24,26)/t9-,10+,15+. The van der Waals surface area contributed by atoms with Crippen molar-refractivity contribution in [1.29, 1.82) is 0 Å². The topological polar surface area (TPSA) is 87.3 Å². The van der Waals surface area contributed by atoms with E-state index in [1.807, 2.05) is 0 Å². The van der Waals surface area contributed by atoms with E-state index in [-0.39, 0.29) is 27.8 Å². The summed E-state index contributed by atoms with van der Waals surface area (Å²) in [7, 11) is 1.32. The highest BCUT2D eigenvalue weighted by Crippen LogP contribution is 2.47. The first-order valence-corrected chi connectivity index (χ1v) is 9.78. The largest absolute Gasteiger partial charge is 0.465 e. The Morgan fingerprint density at radius 3 is 2.46 bits per heavy atom. The molecule has 4 rings (SSSR count). The number of rotatable bonds is 4. The molecule has 148 valence electrons. The minimum atomic E-state index is -0.461. The van der Waals surface area contributed by atoms with Crippen molar-refractivity contribution in [2.24, 2.45) is 11.8 Å². The minimum Gasteiger partial charge on any atom is -0.465 e. The van der Waals surface area contributed by atoms with Crippen LogP contribution < -0.4 is 10.2 Å². The van der Waals surface area contributed by atoms with E-state index in [2.05, 4.69) is 20.2 Å². The summed E-state index contributed by atoms with van der Waals surface area (Å²) >= 11 is 18.2. The molecule has 3 heterocycles. The Balaban J connectivity index is 1.41. The summed E-state index contributed by atoms with van der Waals surface area (Å²) in [5.74, 6) is 0.505. The molecule has 2 fully saturated rings. The summed E-state index contributed by atoms with van der Waals surface area (Å²) in [6, 6.07) is 3.21. The SMILES string of the molecule is COC(=O)c1cc(Cl)nc(N2C[C@@H]3[C@H](C2)[C@H]3NC(=O)c2[nH]c(C)c(Cl)c2Cl)c1. The number of piperidine rings is 1. The number of carbonyl (C=O) groups is 2. The molecule has 28 heavy (non-hydrogen) atoms. The van der Waals surface area contributed by atoms with Crippen molar-refractivity contribution in [3.05, 3.63) is 44.3 Å². The fraction of sp³-hybridized carbons (Fsp3) is 0.389. The Bertz CT molecular complexity index is 965. The molecule has 7 nitrogen and oxygen atoms in total. The molecule has 2 aromatic rings. The van der Waals surface area contributed by atoms with Crippen LogP contribution >= 0.6 is 34.8 Å². The maximum atomic E-state index is 12.5. The van der Waals surface area contributed by atoms with Crippen molar-refractivity contribution >= 4 is 52.5 Å². The quantitative estimate of drug-likeness (QED) is 0.559. The lowest BCUT2D eigenvalue weighted by atomic mass is 10.2. The van der Waals surface area contributed by atoms with Gasteiger partial charge in [0.15, 0.2) is 0 Å². The number of pyridine rings is 1. The number of nitrogens with zero attached hydrogens (tertiary/aromatic N) is 2. The molecule has 1 saturated heterocycles. The lowest BCUT2D eigenvalue weighted by molar-refractivity contribution is 0.0600. The maximum Gasteiger partial charge on any atom is 0.338 e. The van der Waals surface area contributed by atoms with Crippen molar-refractivity contribution in [2.45, 2.75) is 13.0 Å². The first-order chi connectivity index (χ1) is 13.3. The van der Waals surface area contributed by atoms with Crippen LogP contribution in [0.2, 0.25) is 15.2 Å². The minimum absolute atomic E-state index is 0.0708. The van der Waals surface area contributed by atoms with Crippen LogP contribution in [0.15, 0.2) is 12.1 Å². The second-order valence-electron chi connectivity index (χ2n) is 7.01. The third-order valence-electron chi connectivity index (χ3n) is 5.30. The molecule has 0 bridgehead atoms. The number of hydrogen-bond acceptors (Lipinski definition) is 5. The van der Waals surface area contributed by atoms with Gasteiger partial charge >= 0.3 is 5.97 Å². The van der Waals surface area contributed by atoms with E-state index in [0.29, 0.717) is 47.0 Å². The molecule has 1 aliphatic carbocycles. The molecule has 0 aromatic carbocycles. The van der Waals surface area contributed by atoms with Crippen LogP contribution in [-0.2, 0) is 4.74 Å². The van der Waals surface area contributed by atoms with Gasteiger partial charge < -0.3 is 19.9 Å². The van der Waals surface area contributed by atoms with Crippen molar-refractivity contribution in [3.8, 4) is 0 Å². The van der Waals surface area contributed by atoms with Gasteiger partial charge in [-0.3, -0.25) is 4.79 Å². The van der Waals surface area contributed by atoms with Crippen molar-refractivity contribution < 1.29 is 14.3 Å². The number of aromatic nitrogens is 2. The van der Waals surface area contributed by atoms with Gasteiger partial charge in [0.05, 0.1) is 22.7 Å². The van der Waals surface area contributed by atoms with Gasteiger partial charge in [0.1, 0.15) is 16.7 Å². The first-order valence-electron chi connectivity index (χ1n) is 8.65. The third-order valence-corrected chi connectivity index (χ3v) is 6.44. The average Bonchev–Trinajstić information content (AvgIpc) is 3.01. The summed E-state index contributed by atoms with van der Waals surface area (Å²) in [5, 5.41) is 3.85. The molecular weight excluding hydrogens is 427 g/mol. The van der Waals surface area contributed by atoms with Crippen LogP contribution in [0.4, 0.5) is 5.82 Å². The molecule has 0 unspecified atom stereocenters. The molecular formula is C18H17Cl3N4O3. The maximum absolute atomic E-state index is 12.5. The second-order valence-corrected chi connectivity index (χ2v) is 8.16. The Labute approximate surface area is 176 Å². The summed E-state index contributed by atoms with van der Waals surface area (Å²) in [4.78, 5) is 33.5. The van der Waals surface area contributed by atoms with Crippen molar-refractivity contribution in [3.63, 3.8) is 0 Å². The molecule has 3 atom stereocenters. The fourth-order valence-electron chi connectivity index (χ4n) is 3.76. The van der Waals surface area contributed by atoms with E-state index in [9.17, 15) is 9.59 Å². The van der Waals surface area contributed by atoms with Crippen LogP contribution in [0.25, 0.3) is 0 Å². The molecule has 0 spiro atoms. The highest BCUT2D eigenvalue weighted by atomic mass is 35.5. The molecule has 1 saturated carbocycles. The van der Waals surface area contributed by atoms with E-state index < -0.39 is 5.97 Å². The number of esters is 1. The number of fused-ring (bicyclic) bond motifs is 1. The summed E-state index contributed by atoms with van der Waals surface area (Å²) < 4.78 is 4.75. The van der Waals surface area contributed by atoms with Gasteiger partial charge in [0.25, 0.3) is 5.91 Å². The van der Waals surface area contributed by atoms with Crippen molar-refractivity contribution in [1.82, 2.24) is 15.3 Å². The molecule has 1 aliphatic heterocycles. The number of anilines is 1. The summed E-state index contributed by atoms with van der Waals surface area (Å²) in [5.41, 5.74) is 1.30. The predicted molar refractivity (Wildman–Crippen MR) is 107 cm³/mol. The molecule has 2 aromatic heterocycles. The lowest BCUT2D eigenvalue weighted by Gasteiger charge is -2.21. The smallest absolute Gasteiger partial charge is 0.338 e. The average molecular weight is 444 g/mol. The van der Waals surface area contributed by atoms with Gasteiger partial charge in [-0.2, -0.15) is 0 Å². The van der Waals surface area contributed by atoms with Crippen LogP contribution in [-0.4, -0.2) is 48.1 Å². The number of ether oxygens (including phenoxy) is 1. The molecule has 2 aliphatic rings. The highest BCUT2D eigenvalue weighted by Gasteiger charge is 2.57. The van der Waals surface area contributed by atoms with Crippen LogP contribution in [0, 0.1) is 18.8 Å². The number of aryl methyl sites for hydroxylation is 1. The van der Waals surface area contributed by atoms with Crippen molar-refractivity contribution in [2.75, 3.05) is 25.1 Å². The summed E-state index contributed by atoms with van der Waals surface area (Å²) in [6.07, 6.45) is 0.